The van der Waals surface area contributed by atoms with Gasteiger partial charge in [0.15, 0.2) is 0 Å². The first-order chi connectivity index (χ1) is 15.2. The average Bonchev–Trinajstić information content (AvgIpc) is 3.13. The first kappa shape index (κ1) is 23.7. The molecule has 1 saturated heterocycles. The highest BCUT2D eigenvalue weighted by Crippen LogP contribution is 2.23. The van der Waals surface area contributed by atoms with Crippen molar-refractivity contribution in [3.05, 3.63) is 59.7 Å². The van der Waals surface area contributed by atoms with Gasteiger partial charge in [-0.05, 0) is 49.6 Å². The van der Waals surface area contributed by atoms with Crippen LogP contribution >= 0.6 is 0 Å². The van der Waals surface area contributed by atoms with Gasteiger partial charge >= 0.3 is 12.1 Å². The molecular formula is C25H31FN2O4. The molecule has 6 nitrogen and oxygen atoms in total. The third kappa shape index (κ3) is 6.29. The third-order valence-electron chi connectivity index (χ3n) is 5.29. The second kappa shape index (κ2) is 10.1. The van der Waals surface area contributed by atoms with E-state index in [1.54, 1.807) is 32.9 Å². The summed E-state index contributed by atoms with van der Waals surface area (Å²) in [4.78, 5) is 25.4. The SMILES string of the molecule is COC(=O)c1ccc(-c2ccc(CNC[C@@H]3C[C@@H](F)CN3C(=O)OC(C)(C)C)cc2)cc1. The Labute approximate surface area is 188 Å². The van der Waals surface area contributed by atoms with Gasteiger partial charge in [0, 0.05) is 19.5 Å². The molecule has 1 N–H and O–H groups in total. The number of likely N-dealkylation sites (tertiary alicyclic amines) is 1. The quantitative estimate of drug-likeness (QED) is 0.664. The minimum absolute atomic E-state index is 0.0741. The molecule has 172 valence electrons. The maximum absolute atomic E-state index is 14.0. The average molecular weight is 443 g/mol. The lowest BCUT2D eigenvalue weighted by Gasteiger charge is -2.28. The maximum atomic E-state index is 14.0. The van der Waals surface area contributed by atoms with Crippen LogP contribution in [0.5, 0.6) is 0 Å². The molecule has 0 aliphatic carbocycles. The van der Waals surface area contributed by atoms with Crippen molar-refractivity contribution in [2.75, 3.05) is 20.2 Å². The van der Waals surface area contributed by atoms with Crippen LogP contribution in [0.3, 0.4) is 0 Å². The molecular weight excluding hydrogens is 411 g/mol. The van der Waals surface area contributed by atoms with Crippen LogP contribution in [-0.4, -0.2) is 55.0 Å². The Morgan fingerprint density at radius 1 is 1.06 bits per heavy atom. The number of halogens is 1. The lowest BCUT2D eigenvalue weighted by atomic mass is 10.0. The number of amides is 1. The summed E-state index contributed by atoms with van der Waals surface area (Å²) in [5.41, 5.74) is 3.03. The molecule has 2 aromatic rings. The summed E-state index contributed by atoms with van der Waals surface area (Å²) in [5.74, 6) is -0.357. The van der Waals surface area contributed by atoms with Crippen molar-refractivity contribution in [3.63, 3.8) is 0 Å². The van der Waals surface area contributed by atoms with E-state index in [4.69, 9.17) is 9.47 Å². The van der Waals surface area contributed by atoms with Gasteiger partial charge < -0.3 is 19.7 Å². The molecule has 0 aromatic heterocycles. The van der Waals surface area contributed by atoms with Gasteiger partial charge in [-0.15, -0.1) is 0 Å². The third-order valence-corrected chi connectivity index (χ3v) is 5.29. The Kier molecular flexibility index (Phi) is 7.51. The number of ether oxygens (including phenoxy) is 2. The van der Waals surface area contributed by atoms with Gasteiger partial charge in [-0.2, -0.15) is 0 Å². The molecule has 32 heavy (non-hydrogen) atoms. The standard InChI is InChI=1S/C25H31FN2O4/c1-25(2,3)32-24(30)28-16-21(26)13-22(28)15-27-14-17-5-7-18(8-6-17)19-9-11-20(12-10-19)23(29)31-4/h5-12,21-22,27H,13-16H2,1-4H3/t21-,22+/m1/s1. The van der Waals surface area contributed by atoms with E-state index >= 15 is 0 Å². The number of rotatable bonds is 6. The number of carbonyl (C=O) groups excluding carboxylic acids is 2. The zero-order valence-electron chi connectivity index (χ0n) is 19.1. The minimum atomic E-state index is -1.03. The van der Waals surface area contributed by atoms with E-state index in [0.717, 1.165) is 16.7 Å². The van der Waals surface area contributed by atoms with Gasteiger partial charge in [0.2, 0.25) is 0 Å². The fraction of sp³-hybridized carbons (Fsp3) is 0.440. The number of carbonyl (C=O) groups is 2. The Morgan fingerprint density at radius 2 is 1.66 bits per heavy atom. The van der Waals surface area contributed by atoms with Gasteiger partial charge in [0.1, 0.15) is 11.8 Å². The van der Waals surface area contributed by atoms with Crippen molar-refractivity contribution < 1.29 is 23.5 Å². The van der Waals surface area contributed by atoms with Crippen molar-refractivity contribution in [1.82, 2.24) is 10.2 Å². The topological polar surface area (TPSA) is 67.9 Å². The predicted molar refractivity (Wildman–Crippen MR) is 121 cm³/mol. The van der Waals surface area contributed by atoms with Crippen LogP contribution in [-0.2, 0) is 16.0 Å². The second-order valence-corrected chi connectivity index (χ2v) is 9.02. The Hall–Kier alpha value is -2.93. The molecule has 1 aliphatic rings. The van der Waals surface area contributed by atoms with Crippen molar-refractivity contribution in [1.29, 1.82) is 0 Å². The summed E-state index contributed by atoms with van der Waals surface area (Å²) in [7, 11) is 1.36. The summed E-state index contributed by atoms with van der Waals surface area (Å²) >= 11 is 0. The van der Waals surface area contributed by atoms with E-state index < -0.39 is 17.9 Å². The van der Waals surface area contributed by atoms with Crippen LogP contribution in [0.2, 0.25) is 0 Å². The van der Waals surface area contributed by atoms with E-state index in [-0.39, 0.29) is 18.6 Å². The van der Waals surface area contributed by atoms with Crippen LogP contribution in [0.25, 0.3) is 11.1 Å². The van der Waals surface area contributed by atoms with Crippen molar-refractivity contribution >= 4 is 12.1 Å². The van der Waals surface area contributed by atoms with Crippen LogP contribution in [0.4, 0.5) is 9.18 Å². The number of nitrogens with one attached hydrogen (secondary N) is 1. The van der Waals surface area contributed by atoms with Gasteiger partial charge in [0.25, 0.3) is 0 Å². The molecule has 3 rings (SSSR count). The second-order valence-electron chi connectivity index (χ2n) is 9.02. The summed E-state index contributed by atoms with van der Waals surface area (Å²) in [6, 6.07) is 15.1. The summed E-state index contributed by atoms with van der Waals surface area (Å²) in [5, 5.41) is 3.33. The predicted octanol–water partition coefficient (Wildman–Crippen LogP) is 4.58. The van der Waals surface area contributed by atoms with Crippen LogP contribution in [0.15, 0.2) is 48.5 Å². The van der Waals surface area contributed by atoms with E-state index in [2.05, 4.69) is 5.32 Å². The summed E-state index contributed by atoms with van der Waals surface area (Å²) in [6.45, 7) is 6.59. The Morgan fingerprint density at radius 3 is 2.22 bits per heavy atom. The highest BCUT2D eigenvalue weighted by molar-refractivity contribution is 5.89. The first-order valence-electron chi connectivity index (χ1n) is 10.8. The number of methoxy groups -OCH3 is 1. The fourth-order valence-electron chi connectivity index (χ4n) is 3.71. The van der Waals surface area contributed by atoms with Crippen molar-refractivity contribution in [2.24, 2.45) is 0 Å². The maximum Gasteiger partial charge on any atom is 0.410 e. The number of benzene rings is 2. The van der Waals surface area contributed by atoms with E-state index in [1.807, 2.05) is 36.4 Å². The number of esters is 1. The largest absolute Gasteiger partial charge is 0.465 e. The van der Waals surface area contributed by atoms with Gasteiger partial charge in [-0.25, -0.2) is 14.0 Å². The van der Waals surface area contributed by atoms with Crippen LogP contribution in [0, 0.1) is 0 Å². The Balaban J connectivity index is 1.54. The molecule has 0 spiro atoms. The molecule has 0 bridgehead atoms. The number of hydrogen-bond donors (Lipinski definition) is 1. The molecule has 0 unspecified atom stereocenters. The van der Waals surface area contributed by atoms with Gasteiger partial charge in [0.05, 0.1) is 25.3 Å². The zero-order valence-corrected chi connectivity index (χ0v) is 19.1. The molecule has 1 aliphatic heterocycles. The molecule has 2 atom stereocenters. The molecule has 2 aromatic carbocycles. The minimum Gasteiger partial charge on any atom is -0.465 e. The van der Waals surface area contributed by atoms with E-state index in [0.29, 0.717) is 25.1 Å². The number of hydrogen-bond acceptors (Lipinski definition) is 5. The van der Waals surface area contributed by atoms with E-state index in [9.17, 15) is 14.0 Å². The number of alkyl halides is 1. The lowest BCUT2D eigenvalue weighted by Crippen LogP contribution is -2.44. The summed E-state index contributed by atoms with van der Waals surface area (Å²) < 4.78 is 24.1. The van der Waals surface area contributed by atoms with Gasteiger partial charge in [-0.1, -0.05) is 36.4 Å². The van der Waals surface area contributed by atoms with Gasteiger partial charge in [-0.3, -0.25) is 0 Å². The molecule has 1 fully saturated rings. The molecule has 0 saturated carbocycles. The molecule has 0 radical (unpaired) electrons. The highest BCUT2D eigenvalue weighted by Gasteiger charge is 2.37. The first-order valence-corrected chi connectivity index (χ1v) is 10.8. The monoisotopic (exact) mass is 442 g/mol. The highest BCUT2D eigenvalue weighted by atomic mass is 19.1. The Bertz CT molecular complexity index is 922. The molecule has 1 heterocycles. The van der Waals surface area contributed by atoms with Crippen molar-refractivity contribution in [3.8, 4) is 11.1 Å². The van der Waals surface area contributed by atoms with Crippen LogP contribution in [0.1, 0.15) is 43.1 Å². The van der Waals surface area contributed by atoms with Crippen molar-refractivity contribution in [2.45, 2.75) is 51.6 Å². The lowest BCUT2D eigenvalue weighted by molar-refractivity contribution is 0.0218. The molecule has 7 heteroatoms. The van der Waals surface area contributed by atoms with E-state index in [1.165, 1.54) is 12.0 Å². The number of nitrogens with zero attached hydrogens (tertiary/aromatic N) is 1. The summed E-state index contributed by atoms with van der Waals surface area (Å²) in [6.07, 6.45) is -1.18. The smallest absolute Gasteiger partial charge is 0.410 e. The molecule has 1 amide bonds. The normalized spacial score (nSPS) is 18.5. The fourth-order valence-corrected chi connectivity index (χ4v) is 3.71. The zero-order chi connectivity index (χ0) is 23.3. The van der Waals surface area contributed by atoms with Crippen LogP contribution < -0.4 is 5.32 Å².